The second-order valence-corrected chi connectivity index (χ2v) is 7.27. The third-order valence-electron chi connectivity index (χ3n) is 3.85. The smallest absolute Gasteiger partial charge is 0.238 e. The fourth-order valence-electron chi connectivity index (χ4n) is 2.67. The number of sulfonamides is 1. The van der Waals surface area contributed by atoms with Crippen LogP contribution in [0.3, 0.4) is 0 Å². The summed E-state index contributed by atoms with van der Waals surface area (Å²) in [7, 11) is -3.84. The van der Waals surface area contributed by atoms with Gasteiger partial charge in [-0.1, -0.05) is 30.3 Å². The first-order chi connectivity index (χ1) is 11.8. The molecule has 0 aliphatic rings. The van der Waals surface area contributed by atoms with E-state index in [9.17, 15) is 13.2 Å². The summed E-state index contributed by atoms with van der Waals surface area (Å²) in [6.45, 7) is 1.65. The van der Waals surface area contributed by atoms with Gasteiger partial charge in [0.25, 0.3) is 0 Å². The van der Waals surface area contributed by atoms with E-state index in [2.05, 4.69) is 10.3 Å². The van der Waals surface area contributed by atoms with Gasteiger partial charge in [0, 0.05) is 17.3 Å². The maximum atomic E-state index is 12.4. The van der Waals surface area contributed by atoms with Gasteiger partial charge in [0.05, 0.1) is 16.8 Å². The van der Waals surface area contributed by atoms with Crippen LogP contribution in [0.15, 0.2) is 59.6 Å². The number of primary sulfonamides is 1. The standard InChI is InChI=1S/C18H17N3O3S/c1-12-7-8-15(11-16(12)25(19,23)24)21-17(22)10-14-5-2-4-13-6-3-9-20-18(13)14/h2-9,11H,10H2,1H3,(H,21,22)(H2,19,23,24). The van der Waals surface area contributed by atoms with Gasteiger partial charge in [0.1, 0.15) is 0 Å². The van der Waals surface area contributed by atoms with Gasteiger partial charge >= 0.3 is 0 Å². The molecule has 7 heteroatoms. The summed E-state index contributed by atoms with van der Waals surface area (Å²) in [6, 6.07) is 14.0. The molecule has 3 rings (SSSR count). The molecule has 0 atom stereocenters. The number of amides is 1. The van der Waals surface area contributed by atoms with Crippen LogP contribution in [0.5, 0.6) is 0 Å². The molecule has 0 fully saturated rings. The molecule has 0 saturated carbocycles. The molecule has 1 aromatic heterocycles. The highest BCUT2D eigenvalue weighted by atomic mass is 32.2. The summed E-state index contributed by atoms with van der Waals surface area (Å²) in [4.78, 5) is 16.7. The molecule has 6 nitrogen and oxygen atoms in total. The van der Waals surface area contributed by atoms with E-state index in [1.165, 1.54) is 6.07 Å². The van der Waals surface area contributed by atoms with Gasteiger partial charge in [-0.25, -0.2) is 13.6 Å². The maximum Gasteiger partial charge on any atom is 0.238 e. The number of fused-ring (bicyclic) bond motifs is 1. The Morgan fingerprint density at radius 2 is 1.92 bits per heavy atom. The van der Waals surface area contributed by atoms with Crippen LogP contribution in [0, 0.1) is 6.92 Å². The van der Waals surface area contributed by atoms with Crippen molar-refractivity contribution >= 4 is 32.5 Å². The molecule has 0 saturated heterocycles. The van der Waals surface area contributed by atoms with Crippen molar-refractivity contribution in [3.05, 3.63) is 65.9 Å². The van der Waals surface area contributed by atoms with Crippen LogP contribution in [0.25, 0.3) is 10.9 Å². The molecule has 2 aromatic carbocycles. The fourth-order valence-corrected chi connectivity index (χ4v) is 3.48. The molecule has 3 N–H and O–H groups in total. The molecule has 25 heavy (non-hydrogen) atoms. The van der Waals surface area contributed by atoms with Gasteiger partial charge < -0.3 is 5.32 Å². The highest BCUT2D eigenvalue weighted by Crippen LogP contribution is 2.20. The Morgan fingerprint density at radius 3 is 2.68 bits per heavy atom. The number of benzene rings is 2. The highest BCUT2D eigenvalue weighted by Gasteiger charge is 2.14. The molecule has 0 aliphatic heterocycles. The largest absolute Gasteiger partial charge is 0.326 e. The number of para-hydroxylation sites is 1. The number of hydrogen-bond acceptors (Lipinski definition) is 4. The van der Waals surface area contributed by atoms with Crippen LogP contribution in [0.1, 0.15) is 11.1 Å². The summed E-state index contributed by atoms with van der Waals surface area (Å²) in [5.74, 6) is -0.262. The van der Waals surface area contributed by atoms with Crippen LogP contribution < -0.4 is 10.5 Å². The average molecular weight is 355 g/mol. The minimum atomic E-state index is -3.84. The lowest BCUT2D eigenvalue weighted by Crippen LogP contribution is -2.17. The first-order valence-corrected chi connectivity index (χ1v) is 9.15. The van der Waals surface area contributed by atoms with Crippen LogP contribution in [-0.4, -0.2) is 19.3 Å². The predicted molar refractivity (Wildman–Crippen MR) is 96.6 cm³/mol. The number of rotatable bonds is 4. The summed E-state index contributed by atoms with van der Waals surface area (Å²) < 4.78 is 23.2. The monoisotopic (exact) mass is 355 g/mol. The normalized spacial score (nSPS) is 11.4. The van der Waals surface area contributed by atoms with Gasteiger partial charge in [-0.3, -0.25) is 9.78 Å². The zero-order valence-electron chi connectivity index (χ0n) is 13.6. The summed E-state index contributed by atoms with van der Waals surface area (Å²) >= 11 is 0. The van der Waals surface area contributed by atoms with Crippen molar-refractivity contribution in [3.63, 3.8) is 0 Å². The van der Waals surface area contributed by atoms with Crippen LogP contribution in [0.4, 0.5) is 5.69 Å². The van der Waals surface area contributed by atoms with Crippen LogP contribution >= 0.6 is 0 Å². The van der Waals surface area contributed by atoms with Crippen LogP contribution in [-0.2, 0) is 21.2 Å². The first-order valence-electron chi connectivity index (χ1n) is 7.60. The predicted octanol–water partition coefficient (Wildman–Crippen LogP) is 2.37. The Labute approximate surface area is 145 Å². The topological polar surface area (TPSA) is 102 Å². The Bertz CT molecular complexity index is 1060. The fraction of sp³-hybridized carbons (Fsp3) is 0.111. The van der Waals surface area contributed by atoms with E-state index in [0.29, 0.717) is 11.3 Å². The minimum Gasteiger partial charge on any atom is -0.326 e. The zero-order valence-corrected chi connectivity index (χ0v) is 14.4. The van der Waals surface area contributed by atoms with Gasteiger partial charge in [-0.15, -0.1) is 0 Å². The van der Waals surface area contributed by atoms with Gasteiger partial charge in [0.2, 0.25) is 15.9 Å². The SMILES string of the molecule is Cc1ccc(NC(=O)Cc2cccc3cccnc23)cc1S(N)(=O)=O. The van der Waals surface area contributed by atoms with E-state index < -0.39 is 10.0 Å². The van der Waals surface area contributed by atoms with E-state index in [-0.39, 0.29) is 17.2 Å². The molecule has 0 unspecified atom stereocenters. The number of nitrogens with zero attached hydrogens (tertiary/aromatic N) is 1. The molecular formula is C18H17N3O3S. The average Bonchev–Trinajstić information content (AvgIpc) is 2.56. The van der Waals surface area contributed by atoms with Crippen molar-refractivity contribution < 1.29 is 13.2 Å². The number of pyridine rings is 1. The quantitative estimate of drug-likeness (QED) is 0.750. The van der Waals surface area contributed by atoms with E-state index in [0.717, 1.165) is 16.5 Å². The van der Waals surface area contributed by atoms with Gasteiger partial charge in [0.15, 0.2) is 0 Å². The second kappa shape index (κ2) is 6.62. The third kappa shape index (κ3) is 3.84. The molecule has 1 amide bonds. The van der Waals surface area contributed by atoms with Crippen LogP contribution in [0.2, 0.25) is 0 Å². The number of hydrogen-bond donors (Lipinski definition) is 2. The van der Waals surface area contributed by atoms with Crippen molar-refractivity contribution in [1.29, 1.82) is 0 Å². The summed E-state index contributed by atoms with van der Waals surface area (Å²) in [5.41, 5.74) is 2.48. The van der Waals surface area contributed by atoms with Crippen molar-refractivity contribution in [2.45, 2.75) is 18.2 Å². The summed E-state index contributed by atoms with van der Waals surface area (Å²) in [5, 5.41) is 8.86. The van der Waals surface area contributed by atoms with Crippen molar-refractivity contribution in [2.24, 2.45) is 5.14 Å². The lowest BCUT2D eigenvalue weighted by Gasteiger charge is -2.10. The molecule has 3 aromatic rings. The Kier molecular flexibility index (Phi) is 4.52. The molecule has 0 aliphatic carbocycles. The van der Waals surface area contributed by atoms with E-state index in [4.69, 9.17) is 5.14 Å². The van der Waals surface area contributed by atoms with E-state index >= 15 is 0 Å². The Morgan fingerprint density at radius 1 is 1.16 bits per heavy atom. The van der Waals surface area contributed by atoms with Crippen molar-refractivity contribution in [3.8, 4) is 0 Å². The number of nitrogens with two attached hydrogens (primary N) is 1. The minimum absolute atomic E-state index is 0.00266. The number of carbonyl (C=O) groups excluding carboxylic acids is 1. The number of carbonyl (C=O) groups is 1. The molecular weight excluding hydrogens is 338 g/mol. The molecule has 1 heterocycles. The molecule has 0 bridgehead atoms. The van der Waals surface area contributed by atoms with Gasteiger partial charge in [-0.2, -0.15) is 0 Å². The number of nitrogens with one attached hydrogen (secondary N) is 1. The Balaban J connectivity index is 1.83. The van der Waals surface area contributed by atoms with Crippen molar-refractivity contribution in [2.75, 3.05) is 5.32 Å². The zero-order chi connectivity index (χ0) is 18.0. The van der Waals surface area contributed by atoms with E-state index in [1.807, 2.05) is 30.3 Å². The number of aryl methyl sites for hydroxylation is 1. The molecule has 0 radical (unpaired) electrons. The Hall–Kier alpha value is -2.77. The summed E-state index contributed by atoms with van der Waals surface area (Å²) in [6.07, 6.45) is 1.81. The lowest BCUT2D eigenvalue weighted by molar-refractivity contribution is -0.115. The number of aromatic nitrogens is 1. The lowest BCUT2D eigenvalue weighted by atomic mass is 10.1. The first kappa shape index (κ1) is 17.1. The molecule has 0 spiro atoms. The number of anilines is 1. The highest BCUT2D eigenvalue weighted by molar-refractivity contribution is 7.89. The molecule has 128 valence electrons. The third-order valence-corrected chi connectivity index (χ3v) is 4.90. The van der Waals surface area contributed by atoms with Crippen molar-refractivity contribution in [1.82, 2.24) is 4.98 Å². The van der Waals surface area contributed by atoms with E-state index in [1.54, 1.807) is 25.3 Å². The van der Waals surface area contributed by atoms with Gasteiger partial charge in [-0.05, 0) is 36.2 Å². The second-order valence-electron chi connectivity index (χ2n) is 5.74. The maximum absolute atomic E-state index is 12.4.